The number of phenolic OH excluding ortho intramolecular Hbond substituents is 1. The second-order valence-corrected chi connectivity index (χ2v) is 11.9. The zero-order valence-corrected chi connectivity index (χ0v) is 21.2. The minimum Gasteiger partial charge on any atom is -0.508 e. The van der Waals surface area contributed by atoms with Crippen molar-refractivity contribution in [3.05, 3.63) is 42.0 Å². The molecule has 1 aromatic rings. The summed E-state index contributed by atoms with van der Waals surface area (Å²) in [7, 11) is 0. The van der Waals surface area contributed by atoms with Gasteiger partial charge in [0, 0.05) is 13.1 Å². The van der Waals surface area contributed by atoms with Gasteiger partial charge in [0.15, 0.2) is 0 Å². The third kappa shape index (κ3) is 4.24. The number of unbranched alkanes of at least 4 members (excludes halogenated alkanes) is 3. The molecular formula is C30H45NO3. The highest BCUT2D eigenvalue weighted by Crippen LogP contribution is 2.69. The average Bonchev–Trinajstić information content (AvgIpc) is 3.15. The van der Waals surface area contributed by atoms with E-state index in [9.17, 15) is 10.2 Å². The van der Waals surface area contributed by atoms with E-state index in [-0.39, 0.29) is 16.9 Å². The van der Waals surface area contributed by atoms with E-state index in [1.807, 2.05) is 12.1 Å². The highest BCUT2D eigenvalue weighted by atomic mass is 16.5. The molecule has 3 fully saturated rings. The van der Waals surface area contributed by atoms with Crippen molar-refractivity contribution in [1.82, 2.24) is 4.90 Å². The van der Waals surface area contributed by atoms with Crippen LogP contribution in [0.2, 0.25) is 0 Å². The van der Waals surface area contributed by atoms with E-state index in [1.165, 1.54) is 49.8 Å². The van der Waals surface area contributed by atoms with Crippen LogP contribution < -0.4 is 0 Å². The third-order valence-corrected chi connectivity index (χ3v) is 10.3. The van der Waals surface area contributed by atoms with Gasteiger partial charge in [0.05, 0.1) is 19.3 Å². The van der Waals surface area contributed by atoms with Gasteiger partial charge in [-0.1, -0.05) is 38.3 Å². The van der Waals surface area contributed by atoms with E-state index in [0.717, 1.165) is 58.4 Å². The van der Waals surface area contributed by atoms with E-state index >= 15 is 0 Å². The first kappa shape index (κ1) is 24.3. The molecule has 6 atom stereocenters. The van der Waals surface area contributed by atoms with Crippen LogP contribution in [0.5, 0.6) is 5.75 Å². The van der Waals surface area contributed by atoms with Crippen molar-refractivity contribution in [2.75, 3.05) is 32.8 Å². The molecule has 2 saturated carbocycles. The lowest BCUT2D eigenvalue weighted by molar-refractivity contribution is -0.0812. The molecule has 1 aromatic carbocycles. The predicted molar refractivity (Wildman–Crippen MR) is 137 cm³/mol. The number of rotatable bonds is 8. The number of ether oxygens (including phenoxy) is 1. The normalized spacial score (nSPS) is 37.6. The van der Waals surface area contributed by atoms with Crippen LogP contribution >= 0.6 is 0 Å². The molecule has 5 rings (SSSR count). The van der Waals surface area contributed by atoms with Gasteiger partial charge in [-0.2, -0.15) is 0 Å². The summed E-state index contributed by atoms with van der Waals surface area (Å²) in [6.45, 7) is 12.0. The number of allylic oxidation sites excluding steroid dienone is 1. The topological polar surface area (TPSA) is 52.9 Å². The van der Waals surface area contributed by atoms with Crippen molar-refractivity contribution < 1.29 is 14.9 Å². The standard InChI is InChI=1S/C30H45NO3/c1-3-30-14-13-22-20-24(32)9-10-25(22)28(30)23(21-29(2)26(30)11-12-27(29)33)8-6-4-5-7-15-31-16-18-34-19-17-31/h3,9-10,20,23,26-28,32-33H,1,4-8,11-19,21H2,2H3/t23-,26+,27-,28+,29-,30?/m0/s1. The molecule has 0 spiro atoms. The van der Waals surface area contributed by atoms with Crippen LogP contribution in [0.3, 0.4) is 0 Å². The summed E-state index contributed by atoms with van der Waals surface area (Å²) >= 11 is 0. The van der Waals surface area contributed by atoms with Crippen molar-refractivity contribution in [2.45, 2.75) is 83.2 Å². The first-order valence-corrected chi connectivity index (χ1v) is 13.9. The molecule has 188 valence electrons. The number of aliphatic hydroxyl groups is 1. The summed E-state index contributed by atoms with van der Waals surface area (Å²) in [5.41, 5.74) is 2.85. The largest absolute Gasteiger partial charge is 0.508 e. The molecule has 4 nitrogen and oxygen atoms in total. The molecule has 34 heavy (non-hydrogen) atoms. The SMILES string of the molecule is C=CC12CCc3cc(O)ccc3[C@H]1[C@@H](CCCCCCN1CCOCC1)C[C@]1(C)[C@@H](O)CC[C@@H]21. The van der Waals surface area contributed by atoms with E-state index < -0.39 is 0 Å². The van der Waals surface area contributed by atoms with E-state index in [1.54, 1.807) is 0 Å². The molecule has 1 unspecified atom stereocenters. The first-order valence-electron chi connectivity index (χ1n) is 13.9. The summed E-state index contributed by atoms with van der Waals surface area (Å²) in [6, 6.07) is 6.09. The lowest BCUT2D eigenvalue weighted by Gasteiger charge is -2.60. The average molecular weight is 468 g/mol. The van der Waals surface area contributed by atoms with Gasteiger partial charge in [-0.25, -0.2) is 0 Å². The van der Waals surface area contributed by atoms with Crippen molar-refractivity contribution in [1.29, 1.82) is 0 Å². The number of phenols is 1. The molecule has 0 radical (unpaired) electrons. The highest BCUT2D eigenvalue weighted by molar-refractivity contribution is 5.43. The molecule has 0 aromatic heterocycles. The molecule has 1 heterocycles. The Kier molecular flexibility index (Phi) is 7.12. The molecule has 3 aliphatic carbocycles. The van der Waals surface area contributed by atoms with Gasteiger partial charge in [0.1, 0.15) is 5.75 Å². The van der Waals surface area contributed by atoms with Crippen LogP contribution in [0.4, 0.5) is 0 Å². The van der Waals surface area contributed by atoms with Gasteiger partial charge in [0.25, 0.3) is 0 Å². The van der Waals surface area contributed by atoms with Crippen molar-refractivity contribution >= 4 is 0 Å². The monoisotopic (exact) mass is 467 g/mol. The van der Waals surface area contributed by atoms with Gasteiger partial charge in [-0.3, -0.25) is 4.90 Å². The molecule has 2 N–H and O–H groups in total. The van der Waals surface area contributed by atoms with E-state index in [2.05, 4.69) is 30.5 Å². The number of aromatic hydroxyl groups is 1. The summed E-state index contributed by atoms with van der Waals surface area (Å²) in [4.78, 5) is 2.54. The maximum Gasteiger partial charge on any atom is 0.115 e. The molecule has 0 bridgehead atoms. The summed E-state index contributed by atoms with van der Waals surface area (Å²) in [5.74, 6) is 1.92. The second-order valence-electron chi connectivity index (χ2n) is 11.9. The second kappa shape index (κ2) is 9.95. The van der Waals surface area contributed by atoms with Crippen LogP contribution in [0.25, 0.3) is 0 Å². The fourth-order valence-corrected chi connectivity index (χ4v) is 8.61. The number of aryl methyl sites for hydroxylation is 1. The molecule has 1 aliphatic heterocycles. The maximum absolute atomic E-state index is 11.1. The first-order chi connectivity index (χ1) is 16.5. The Labute approximate surface area is 206 Å². The quantitative estimate of drug-likeness (QED) is 0.382. The van der Waals surface area contributed by atoms with Gasteiger partial charge in [-0.05, 0) is 103 Å². The van der Waals surface area contributed by atoms with Crippen molar-refractivity contribution in [2.24, 2.45) is 22.7 Å². The number of nitrogens with zero attached hydrogens (tertiary/aromatic N) is 1. The Balaban J connectivity index is 1.30. The smallest absolute Gasteiger partial charge is 0.115 e. The number of morpholine rings is 1. The molecule has 0 amide bonds. The fourth-order valence-electron chi connectivity index (χ4n) is 8.61. The molecular weight excluding hydrogens is 422 g/mol. The van der Waals surface area contributed by atoms with Crippen LogP contribution in [0.1, 0.15) is 81.8 Å². The van der Waals surface area contributed by atoms with Gasteiger partial charge < -0.3 is 14.9 Å². The molecule has 4 aliphatic rings. The molecule has 4 heteroatoms. The zero-order chi connectivity index (χ0) is 23.8. The Morgan fingerprint density at radius 3 is 2.74 bits per heavy atom. The Hall–Kier alpha value is -1.36. The fraction of sp³-hybridized carbons (Fsp3) is 0.733. The van der Waals surface area contributed by atoms with Gasteiger partial charge >= 0.3 is 0 Å². The van der Waals surface area contributed by atoms with Crippen molar-refractivity contribution in [3.8, 4) is 5.75 Å². The number of aliphatic hydroxyl groups excluding tert-OH is 1. The number of hydrogen-bond donors (Lipinski definition) is 2. The highest BCUT2D eigenvalue weighted by Gasteiger charge is 2.63. The van der Waals surface area contributed by atoms with Crippen LogP contribution in [-0.4, -0.2) is 54.1 Å². The van der Waals surface area contributed by atoms with Crippen LogP contribution in [-0.2, 0) is 11.2 Å². The lowest BCUT2D eigenvalue weighted by Crippen LogP contribution is -2.54. The lowest BCUT2D eigenvalue weighted by atomic mass is 9.44. The maximum atomic E-state index is 11.1. The molecule has 1 saturated heterocycles. The Bertz CT molecular complexity index is 865. The minimum absolute atomic E-state index is 0.000111. The van der Waals surface area contributed by atoms with E-state index in [0.29, 0.717) is 23.5 Å². The van der Waals surface area contributed by atoms with Gasteiger partial charge in [-0.15, -0.1) is 6.58 Å². The summed E-state index contributed by atoms with van der Waals surface area (Å²) in [6.07, 6.45) is 13.7. The van der Waals surface area contributed by atoms with Gasteiger partial charge in [0.2, 0.25) is 0 Å². The predicted octanol–water partition coefficient (Wildman–Crippen LogP) is 5.67. The summed E-state index contributed by atoms with van der Waals surface area (Å²) < 4.78 is 5.47. The van der Waals surface area contributed by atoms with E-state index in [4.69, 9.17) is 4.74 Å². The Morgan fingerprint density at radius 1 is 1.15 bits per heavy atom. The number of benzene rings is 1. The van der Waals surface area contributed by atoms with Crippen molar-refractivity contribution in [3.63, 3.8) is 0 Å². The Morgan fingerprint density at radius 2 is 1.94 bits per heavy atom. The van der Waals surface area contributed by atoms with Crippen LogP contribution in [0.15, 0.2) is 30.9 Å². The third-order valence-electron chi connectivity index (χ3n) is 10.3. The summed E-state index contributed by atoms with van der Waals surface area (Å²) in [5, 5.41) is 21.3. The zero-order valence-electron chi connectivity index (χ0n) is 21.2. The number of hydrogen-bond acceptors (Lipinski definition) is 4. The number of fused-ring (bicyclic) bond motifs is 5. The van der Waals surface area contributed by atoms with Crippen LogP contribution in [0, 0.1) is 22.7 Å². The minimum atomic E-state index is -0.187.